The van der Waals surface area contributed by atoms with E-state index >= 15 is 8.63 Å². The summed E-state index contributed by atoms with van der Waals surface area (Å²) < 4.78 is 49.3. The molecule has 2 aliphatic rings. The van der Waals surface area contributed by atoms with E-state index in [4.69, 9.17) is 0 Å². The maximum absolute atomic E-state index is 16.1. The van der Waals surface area contributed by atoms with Crippen LogP contribution >= 0.6 is 0 Å². The van der Waals surface area contributed by atoms with Crippen LogP contribution in [-0.4, -0.2) is 21.6 Å². The van der Waals surface area contributed by atoms with E-state index in [2.05, 4.69) is 0 Å². The first-order valence-corrected chi connectivity index (χ1v) is 10.7. The topological polar surface area (TPSA) is 7.94 Å². The van der Waals surface area contributed by atoms with Crippen LogP contribution in [0.25, 0.3) is 5.57 Å². The number of allylic oxidation sites excluding steroid dienone is 2. The van der Waals surface area contributed by atoms with Gasteiger partial charge in [0.05, 0.1) is 5.57 Å². The molecule has 0 spiro atoms. The lowest BCUT2D eigenvalue weighted by molar-refractivity contribution is -0.363. The van der Waals surface area contributed by atoms with Gasteiger partial charge in [0.1, 0.15) is 11.5 Å². The molecule has 1 aromatic carbocycles. The van der Waals surface area contributed by atoms with Crippen LogP contribution in [0, 0.1) is 26.6 Å². The number of fused-ring (bicyclic) bond motifs is 2. The van der Waals surface area contributed by atoms with Crippen molar-refractivity contribution in [1.82, 2.24) is 4.48 Å². The Bertz CT molecular complexity index is 1200. The SMILES string of the molecule is CCC1=C(C)C2=C(c3cccc(F)c3C)c3c(C)c(CC)c(C)n3[B-](F)(F)[N+]2=C1C. The summed E-state index contributed by atoms with van der Waals surface area (Å²) in [4.78, 5) is 0. The Morgan fingerprint density at radius 1 is 0.967 bits per heavy atom. The molecule has 1 aromatic heterocycles. The van der Waals surface area contributed by atoms with E-state index in [1.807, 2.05) is 33.8 Å². The van der Waals surface area contributed by atoms with Crippen molar-refractivity contribution >= 4 is 18.3 Å². The molecule has 0 saturated heterocycles. The van der Waals surface area contributed by atoms with E-state index in [1.54, 1.807) is 26.8 Å². The normalized spacial score (nSPS) is 17.8. The van der Waals surface area contributed by atoms with E-state index in [0.29, 0.717) is 52.3 Å². The van der Waals surface area contributed by atoms with Crippen molar-refractivity contribution in [2.24, 2.45) is 0 Å². The lowest BCUT2D eigenvalue weighted by Crippen LogP contribution is -2.51. The second-order valence-electron chi connectivity index (χ2n) is 8.40. The van der Waals surface area contributed by atoms with E-state index in [-0.39, 0.29) is 5.82 Å². The maximum Gasteiger partial charge on any atom is 0.737 e. The smallest absolute Gasteiger partial charge is 0.393 e. The minimum Gasteiger partial charge on any atom is -0.393 e. The van der Waals surface area contributed by atoms with Gasteiger partial charge in [0.2, 0.25) is 0 Å². The second-order valence-corrected chi connectivity index (χ2v) is 8.40. The zero-order valence-electron chi connectivity index (χ0n) is 18.8. The van der Waals surface area contributed by atoms with Crippen molar-refractivity contribution in [2.75, 3.05) is 0 Å². The molecule has 2 aliphatic heterocycles. The lowest BCUT2D eigenvalue weighted by atomic mass is 9.82. The summed E-state index contributed by atoms with van der Waals surface area (Å²) in [5.41, 5.74) is 7.71. The Morgan fingerprint density at radius 3 is 2.23 bits per heavy atom. The molecule has 158 valence electrons. The average molecular weight is 412 g/mol. The van der Waals surface area contributed by atoms with Gasteiger partial charge in [0.15, 0.2) is 5.70 Å². The van der Waals surface area contributed by atoms with Crippen molar-refractivity contribution < 1.29 is 17.5 Å². The van der Waals surface area contributed by atoms with Gasteiger partial charge in [-0.15, -0.1) is 0 Å². The summed E-state index contributed by atoms with van der Waals surface area (Å²) in [6.45, 7) is 9.04. The molecular formula is C24H28BF3N2. The number of hydrogen-bond donors (Lipinski definition) is 0. The van der Waals surface area contributed by atoms with E-state index in [9.17, 15) is 4.39 Å². The van der Waals surface area contributed by atoms with Crippen LogP contribution < -0.4 is 0 Å². The maximum atomic E-state index is 16.1. The fourth-order valence-electron chi connectivity index (χ4n) is 5.61. The van der Waals surface area contributed by atoms with Crippen molar-refractivity contribution in [2.45, 2.75) is 61.3 Å². The summed E-state index contributed by atoms with van der Waals surface area (Å²) >= 11 is 0. The molecule has 6 heteroatoms. The van der Waals surface area contributed by atoms with Gasteiger partial charge in [-0.2, -0.15) is 0 Å². The number of rotatable bonds is 3. The molecule has 0 fully saturated rings. The van der Waals surface area contributed by atoms with Crippen LogP contribution in [0.15, 0.2) is 35.0 Å². The molecule has 30 heavy (non-hydrogen) atoms. The minimum atomic E-state index is -4.06. The van der Waals surface area contributed by atoms with Crippen LogP contribution in [-0.2, 0) is 6.42 Å². The molecular weight excluding hydrogens is 384 g/mol. The van der Waals surface area contributed by atoms with E-state index < -0.39 is 6.97 Å². The van der Waals surface area contributed by atoms with Gasteiger partial charge in [0, 0.05) is 23.8 Å². The second kappa shape index (κ2) is 6.76. The Morgan fingerprint density at radius 2 is 1.63 bits per heavy atom. The molecule has 0 aliphatic carbocycles. The van der Waals surface area contributed by atoms with Crippen LogP contribution in [0.5, 0.6) is 0 Å². The molecule has 2 aromatic rings. The first-order chi connectivity index (χ1) is 14.1. The minimum absolute atomic E-state index is 0.325. The third-order valence-corrected chi connectivity index (χ3v) is 7.03. The zero-order valence-corrected chi connectivity index (χ0v) is 18.8. The molecule has 0 amide bonds. The third-order valence-electron chi connectivity index (χ3n) is 7.03. The van der Waals surface area contributed by atoms with Gasteiger partial charge in [-0.25, -0.2) is 4.39 Å². The molecule has 0 bridgehead atoms. The van der Waals surface area contributed by atoms with Crippen LogP contribution in [0.4, 0.5) is 13.0 Å². The Balaban J connectivity index is 2.27. The molecule has 0 N–H and O–H groups in total. The highest BCUT2D eigenvalue weighted by Gasteiger charge is 2.56. The first-order valence-electron chi connectivity index (χ1n) is 10.7. The Kier molecular flexibility index (Phi) is 4.68. The number of aromatic nitrogens is 1. The molecule has 3 heterocycles. The van der Waals surface area contributed by atoms with Gasteiger partial charge in [0.25, 0.3) is 0 Å². The average Bonchev–Trinajstić information content (AvgIpc) is 3.10. The van der Waals surface area contributed by atoms with Gasteiger partial charge < -0.3 is 17.6 Å². The van der Waals surface area contributed by atoms with Crippen LogP contribution in [0.3, 0.4) is 0 Å². The van der Waals surface area contributed by atoms with Crippen LogP contribution in [0.2, 0.25) is 0 Å². The van der Waals surface area contributed by atoms with Gasteiger partial charge in [-0.05, 0) is 74.6 Å². The molecule has 0 unspecified atom stereocenters. The van der Waals surface area contributed by atoms with E-state index in [0.717, 1.165) is 22.3 Å². The first kappa shape index (κ1) is 20.8. The summed E-state index contributed by atoms with van der Waals surface area (Å²) in [6, 6.07) is 4.93. The molecule has 0 atom stereocenters. The Labute approximate surface area is 176 Å². The van der Waals surface area contributed by atoms with E-state index in [1.165, 1.54) is 15.0 Å². The summed E-state index contributed by atoms with van der Waals surface area (Å²) in [6.07, 6.45) is 1.35. The standard InChI is InChI=1S/C24H28BF3N2/c1-8-18-14(4)23-22(20-11-10-12-21(26)13(20)3)24-15(5)19(9-2)17(7)30(24)25(27,28)29(23)16(18)6/h10-12H,8-9H2,1-7H3. The van der Waals surface area contributed by atoms with Crippen molar-refractivity contribution in [1.29, 1.82) is 0 Å². The highest BCUT2D eigenvalue weighted by Crippen LogP contribution is 2.47. The number of nitrogens with zero attached hydrogens (tertiary/aromatic N) is 2. The zero-order chi connectivity index (χ0) is 22.1. The summed E-state index contributed by atoms with van der Waals surface area (Å²) in [7, 11) is 0. The van der Waals surface area contributed by atoms with Crippen molar-refractivity contribution in [3.63, 3.8) is 0 Å². The predicted molar refractivity (Wildman–Crippen MR) is 118 cm³/mol. The van der Waals surface area contributed by atoms with Gasteiger partial charge in [-0.3, -0.25) is 0 Å². The van der Waals surface area contributed by atoms with Gasteiger partial charge >= 0.3 is 6.97 Å². The number of halogens is 3. The van der Waals surface area contributed by atoms with Gasteiger partial charge in [-0.1, -0.05) is 26.0 Å². The quantitative estimate of drug-likeness (QED) is 0.521. The third kappa shape index (κ3) is 2.42. The monoisotopic (exact) mass is 412 g/mol. The van der Waals surface area contributed by atoms with Crippen molar-refractivity contribution in [3.8, 4) is 0 Å². The number of benzene rings is 1. The fourth-order valence-corrected chi connectivity index (χ4v) is 5.61. The lowest BCUT2D eigenvalue weighted by Gasteiger charge is -2.34. The summed E-state index contributed by atoms with van der Waals surface area (Å²) in [5, 5.41) is 0. The molecule has 0 saturated carbocycles. The number of hydrogen-bond acceptors (Lipinski definition) is 0. The largest absolute Gasteiger partial charge is 0.737 e. The molecule has 4 rings (SSSR count). The Hall–Kier alpha value is -2.50. The highest BCUT2D eigenvalue weighted by molar-refractivity contribution is 6.58. The summed E-state index contributed by atoms with van der Waals surface area (Å²) in [5.74, 6) is -0.325. The highest BCUT2D eigenvalue weighted by atomic mass is 19.2. The fraction of sp³-hybridized carbons (Fsp3) is 0.375. The van der Waals surface area contributed by atoms with Crippen LogP contribution in [0.1, 0.15) is 67.8 Å². The molecule has 2 nitrogen and oxygen atoms in total. The van der Waals surface area contributed by atoms with Crippen molar-refractivity contribution in [3.05, 3.63) is 74.5 Å². The molecule has 0 radical (unpaired) electrons. The predicted octanol–water partition coefficient (Wildman–Crippen LogP) is 6.32.